The Morgan fingerprint density at radius 2 is 2.05 bits per heavy atom. The molecule has 20 heavy (non-hydrogen) atoms. The number of carboxylic acid groups (broad SMARTS) is 1. The van der Waals surface area contributed by atoms with Crippen LogP contribution < -0.4 is 10.9 Å². The number of aliphatic carboxylic acids is 1. The van der Waals surface area contributed by atoms with Crippen molar-refractivity contribution in [1.82, 2.24) is 5.32 Å². The van der Waals surface area contributed by atoms with Crippen LogP contribution >= 0.6 is 0 Å². The molecule has 8 heteroatoms. The molecule has 0 saturated heterocycles. The first-order valence-corrected chi connectivity index (χ1v) is 5.35. The fourth-order valence-electron chi connectivity index (χ4n) is 1.60. The summed E-state index contributed by atoms with van der Waals surface area (Å²) in [6.07, 6.45) is 0. The number of aromatic hydroxyl groups is 1. The SMILES string of the molecule is O=C(O)CNC(=O)c1c(O)c2cc(F)ccc2oc1=O. The molecule has 0 aliphatic rings. The molecular weight excluding hydrogens is 273 g/mol. The molecule has 1 aromatic heterocycles. The minimum atomic E-state index is -1.32. The molecule has 0 fully saturated rings. The number of halogens is 1. The van der Waals surface area contributed by atoms with Crippen molar-refractivity contribution in [2.24, 2.45) is 0 Å². The molecule has 1 amide bonds. The van der Waals surface area contributed by atoms with Crippen molar-refractivity contribution in [3.8, 4) is 5.75 Å². The van der Waals surface area contributed by atoms with Crippen molar-refractivity contribution in [2.75, 3.05) is 6.54 Å². The fourth-order valence-corrected chi connectivity index (χ4v) is 1.60. The van der Waals surface area contributed by atoms with Gasteiger partial charge >= 0.3 is 11.6 Å². The van der Waals surface area contributed by atoms with E-state index < -0.39 is 41.2 Å². The molecular formula is C12H8FNO6. The van der Waals surface area contributed by atoms with E-state index in [0.717, 1.165) is 18.2 Å². The average Bonchev–Trinajstić information content (AvgIpc) is 2.37. The second-order valence-corrected chi connectivity index (χ2v) is 3.83. The third-order valence-corrected chi connectivity index (χ3v) is 2.47. The molecule has 0 bridgehead atoms. The van der Waals surface area contributed by atoms with Gasteiger partial charge in [0.25, 0.3) is 5.91 Å². The van der Waals surface area contributed by atoms with E-state index in [-0.39, 0.29) is 11.0 Å². The predicted molar refractivity (Wildman–Crippen MR) is 64.1 cm³/mol. The van der Waals surface area contributed by atoms with Gasteiger partial charge in [0.1, 0.15) is 23.7 Å². The zero-order chi connectivity index (χ0) is 14.9. The monoisotopic (exact) mass is 281 g/mol. The van der Waals surface area contributed by atoms with E-state index in [1.807, 2.05) is 5.32 Å². The van der Waals surface area contributed by atoms with Gasteiger partial charge in [0.2, 0.25) is 0 Å². The molecule has 7 nitrogen and oxygen atoms in total. The first-order valence-electron chi connectivity index (χ1n) is 5.35. The number of carbonyl (C=O) groups is 2. The lowest BCUT2D eigenvalue weighted by Gasteiger charge is -2.06. The third-order valence-electron chi connectivity index (χ3n) is 2.47. The van der Waals surface area contributed by atoms with Crippen molar-refractivity contribution >= 4 is 22.8 Å². The van der Waals surface area contributed by atoms with E-state index in [4.69, 9.17) is 9.52 Å². The maximum Gasteiger partial charge on any atom is 0.353 e. The number of benzene rings is 1. The highest BCUT2D eigenvalue weighted by molar-refractivity contribution is 6.02. The molecule has 0 aliphatic carbocycles. The highest BCUT2D eigenvalue weighted by Crippen LogP contribution is 2.26. The summed E-state index contributed by atoms with van der Waals surface area (Å²) in [6.45, 7) is -0.737. The number of hydrogen-bond donors (Lipinski definition) is 3. The summed E-state index contributed by atoms with van der Waals surface area (Å²) in [5.74, 6) is -3.91. The van der Waals surface area contributed by atoms with Crippen molar-refractivity contribution in [3.63, 3.8) is 0 Å². The normalized spacial score (nSPS) is 10.4. The zero-order valence-corrected chi connectivity index (χ0v) is 9.84. The Balaban J connectivity index is 2.56. The Hall–Kier alpha value is -2.90. The summed E-state index contributed by atoms with van der Waals surface area (Å²) in [5.41, 5.74) is -2.02. The molecule has 104 valence electrons. The lowest BCUT2D eigenvalue weighted by Crippen LogP contribution is -2.32. The topological polar surface area (TPSA) is 117 Å². The van der Waals surface area contributed by atoms with E-state index >= 15 is 0 Å². The molecule has 0 spiro atoms. The quantitative estimate of drug-likeness (QED) is 0.703. The van der Waals surface area contributed by atoms with Crippen molar-refractivity contribution < 1.29 is 28.6 Å². The number of carbonyl (C=O) groups excluding carboxylic acids is 1. The lowest BCUT2D eigenvalue weighted by atomic mass is 10.1. The first kappa shape index (κ1) is 13.5. The van der Waals surface area contributed by atoms with Gasteiger partial charge in [-0.3, -0.25) is 9.59 Å². The van der Waals surface area contributed by atoms with Gasteiger partial charge < -0.3 is 19.9 Å². The zero-order valence-electron chi connectivity index (χ0n) is 9.84. The summed E-state index contributed by atoms with van der Waals surface area (Å²) in [6, 6.07) is 3.04. The van der Waals surface area contributed by atoms with E-state index in [2.05, 4.69) is 0 Å². The minimum absolute atomic E-state index is 0.0938. The number of carboxylic acids is 1. The van der Waals surface area contributed by atoms with Crippen LogP contribution in [0.4, 0.5) is 4.39 Å². The van der Waals surface area contributed by atoms with Gasteiger partial charge in [-0.2, -0.15) is 0 Å². The maximum absolute atomic E-state index is 13.1. The van der Waals surface area contributed by atoms with Gasteiger partial charge in [0.15, 0.2) is 5.56 Å². The largest absolute Gasteiger partial charge is 0.506 e. The second kappa shape index (κ2) is 5.00. The van der Waals surface area contributed by atoms with Crippen LogP contribution in [0.5, 0.6) is 5.75 Å². The van der Waals surface area contributed by atoms with Crippen LogP contribution in [0, 0.1) is 5.82 Å². The van der Waals surface area contributed by atoms with E-state index in [1.54, 1.807) is 0 Å². The summed E-state index contributed by atoms with van der Waals surface area (Å²) in [7, 11) is 0. The third kappa shape index (κ3) is 2.44. The van der Waals surface area contributed by atoms with Gasteiger partial charge in [-0.15, -0.1) is 0 Å². The summed E-state index contributed by atoms with van der Waals surface area (Å²) < 4.78 is 17.9. The Kier molecular flexibility index (Phi) is 3.38. The second-order valence-electron chi connectivity index (χ2n) is 3.83. The van der Waals surface area contributed by atoms with Crippen LogP contribution in [-0.2, 0) is 4.79 Å². The molecule has 0 radical (unpaired) electrons. The van der Waals surface area contributed by atoms with Crippen molar-refractivity contribution in [2.45, 2.75) is 0 Å². The Morgan fingerprint density at radius 1 is 1.35 bits per heavy atom. The lowest BCUT2D eigenvalue weighted by molar-refractivity contribution is -0.135. The standard InChI is InChI=1S/C12H8FNO6/c13-5-1-2-7-6(3-5)10(17)9(12(19)20-7)11(18)14-4-8(15)16/h1-3,17H,4H2,(H,14,18)(H,15,16). The molecule has 0 unspecified atom stereocenters. The molecule has 1 heterocycles. The first-order chi connectivity index (χ1) is 9.40. The number of fused-ring (bicyclic) bond motifs is 1. The number of amides is 1. The molecule has 2 aromatic rings. The van der Waals surface area contributed by atoms with E-state index in [9.17, 15) is 23.9 Å². The highest BCUT2D eigenvalue weighted by atomic mass is 19.1. The van der Waals surface area contributed by atoms with E-state index in [1.165, 1.54) is 0 Å². The van der Waals surface area contributed by atoms with Gasteiger partial charge in [-0.05, 0) is 18.2 Å². The Morgan fingerprint density at radius 3 is 2.70 bits per heavy atom. The van der Waals surface area contributed by atoms with Gasteiger partial charge in [-0.25, -0.2) is 9.18 Å². The number of rotatable bonds is 3. The van der Waals surface area contributed by atoms with Crippen LogP contribution in [0.15, 0.2) is 27.4 Å². The molecule has 3 N–H and O–H groups in total. The molecule has 1 aromatic carbocycles. The Labute approximate surface area is 110 Å². The summed E-state index contributed by atoms with van der Waals surface area (Å²) in [5, 5.41) is 20.0. The molecule has 0 atom stereocenters. The summed E-state index contributed by atoms with van der Waals surface area (Å²) >= 11 is 0. The van der Waals surface area contributed by atoms with Crippen LogP contribution in [0.3, 0.4) is 0 Å². The van der Waals surface area contributed by atoms with E-state index in [0.29, 0.717) is 0 Å². The maximum atomic E-state index is 13.1. The van der Waals surface area contributed by atoms with Crippen LogP contribution in [0.25, 0.3) is 11.0 Å². The van der Waals surface area contributed by atoms with Gasteiger partial charge in [0.05, 0.1) is 5.39 Å². The summed E-state index contributed by atoms with van der Waals surface area (Å²) in [4.78, 5) is 33.6. The van der Waals surface area contributed by atoms with Crippen LogP contribution in [0.1, 0.15) is 10.4 Å². The van der Waals surface area contributed by atoms with Crippen molar-refractivity contribution in [1.29, 1.82) is 0 Å². The number of nitrogens with one attached hydrogen (secondary N) is 1. The minimum Gasteiger partial charge on any atom is -0.506 e. The smallest absolute Gasteiger partial charge is 0.353 e. The predicted octanol–water partition coefficient (Wildman–Crippen LogP) is 0.452. The molecule has 0 saturated carbocycles. The van der Waals surface area contributed by atoms with Gasteiger partial charge in [0, 0.05) is 0 Å². The molecule has 0 aliphatic heterocycles. The Bertz CT molecular complexity index is 766. The van der Waals surface area contributed by atoms with Crippen LogP contribution in [-0.4, -0.2) is 28.6 Å². The van der Waals surface area contributed by atoms with Gasteiger partial charge in [-0.1, -0.05) is 0 Å². The fraction of sp³-hybridized carbons (Fsp3) is 0.0833. The average molecular weight is 281 g/mol. The van der Waals surface area contributed by atoms with Crippen molar-refractivity contribution in [3.05, 3.63) is 40.0 Å². The van der Waals surface area contributed by atoms with Crippen LogP contribution in [0.2, 0.25) is 0 Å². The highest BCUT2D eigenvalue weighted by Gasteiger charge is 2.21. The molecule has 2 rings (SSSR count). The number of hydrogen-bond acceptors (Lipinski definition) is 5.